The highest BCUT2D eigenvalue weighted by atomic mass is 16.5. The zero-order valence-corrected chi connectivity index (χ0v) is 16.6. The number of hydrogen-bond acceptors (Lipinski definition) is 4. The molecular weight excluding hydrogens is 342 g/mol. The van der Waals surface area contributed by atoms with Gasteiger partial charge in [-0.15, -0.1) is 0 Å². The number of hydrogen-bond donors (Lipinski definition) is 0. The Kier molecular flexibility index (Phi) is 6.04. The lowest BCUT2D eigenvalue weighted by atomic mass is 9.95. The minimum atomic E-state index is -0.522. The Morgan fingerprint density at radius 1 is 1.19 bits per heavy atom. The highest BCUT2D eigenvalue weighted by Crippen LogP contribution is 2.29. The predicted molar refractivity (Wildman–Crippen MR) is 104 cm³/mol. The molecule has 1 atom stereocenters. The lowest BCUT2D eigenvalue weighted by Gasteiger charge is -2.33. The molecule has 0 unspecified atom stereocenters. The average molecular weight is 371 g/mol. The van der Waals surface area contributed by atoms with Gasteiger partial charge in [-0.25, -0.2) is 4.98 Å². The van der Waals surface area contributed by atoms with Gasteiger partial charge in [0.2, 0.25) is 0 Å². The smallest absolute Gasteiger partial charge is 0.263 e. The fraction of sp³-hybridized carbons (Fsp3) is 0.524. The summed E-state index contributed by atoms with van der Waals surface area (Å²) in [6.45, 7) is 7.61. The van der Waals surface area contributed by atoms with Crippen molar-refractivity contribution >= 4 is 5.91 Å². The monoisotopic (exact) mass is 371 g/mol. The van der Waals surface area contributed by atoms with E-state index >= 15 is 0 Å². The molecule has 27 heavy (non-hydrogen) atoms. The molecule has 1 amide bonds. The van der Waals surface area contributed by atoms with Gasteiger partial charge in [0.05, 0.1) is 7.11 Å². The summed E-state index contributed by atoms with van der Waals surface area (Å²) in [4.78, 5) is 19.2. The van der Waals surface area contributed by atoms with E-state index in [0.29, 0.717) is 23.5 Å². The van der Waals surface area contributed by atoms with Crippen molar-refractivity contribution in [1.82, 2.24) is 14.5 Å². The summed E-state index contributed by atoms with van der Waals surface area (Å²) in [5.74, 6) is 2.93. The van der Waals surface area contributed by atoms with Gasteiger partial charge in [-0.3, -0.25) is 4.79 Å². The summed E-state index contributed by atoms with van der Waals surface area (Å²) in [5, 5.41) is 0. The van der Waals surface area contributed by atoms with E-state index in [4.69, 9.17) is 9.47 Å². The van der Waals surface area contributed by atoms with Crippen molar-refractivity contribution in [3.8, 4) is 11.5 Å². The normalized spacial score (nSPS) is 16.4. The lowest BCUT2D eigenvalue weighted by Crippen LogP contribution is -2.44. The van der Waals surface area contributed by atoms with Crippen LogP contribution in [0.25, 0.3) is 0 Å². The molecule has 0 N–H and O–H groups in total. The molecule has 1 aromatic carbocycles. The number of aromatic nitrogens is 2. The van der Waals surface area contributed by atoms with Crippen molar-refractivity contribution in [3.63, 3.8) is 0 Å². The van der Waals surface area contributed by atoms with Crippen LogP contribution in [-0.4, -0.2) is 46.7 Å². The number of methoxy groups -OCH3 is 1. The quantitative estimate of drug-likeness (QED) is 0.778. The fourth-order valence-electron chi connectivity index (χ4n) is 3.62. The first-order valence-electron chi connectivity index (χ1n) is 9.61. The van der Waals surface area contributed by atoms with Crippen LogP contribution < -0.4 is 9.47 Å². The van der Waals surface area contributed by atoms with E-state index in [-0.39, 0.29) is 5.91 Å². The minimum absolute atomic E-state index is 0.0310. The summed E-state index contributed by atoms with van der Waals surface area (Å²) in [6, 6.07) is 7.74. The number of benzene rings is 1. The summed E-state index contributed by atoms with van der Waals surface area (Å²) in [6.07, 6.45) is 5.26. The van der Waals surface area contributed by atoms with Gasteiger partial charge in [-0.1, -0.05) is 6.07 Å². The molecule has 0 aliphatic carbocycles. The number of piperidine rings is 1. The molecule has 1 aromatic heterocycles. The van der Waals surface area contributed by atoms with Crippen LogP contribution in [-0.2, 0) is 4.79 Å². The summed E-state index contributed by atoms with van der Waals surface area (Å²) in [7, 11) is 1.61. The van der Waals surface area contributed by atoms with Gasteiger partial charge >= 0.3 is 0 Å². The summed E-state index contributed by atoms with van der Waals surface area (Å²) >= 11 is 0. The Morgan fingerprint density at radius 2 is 1.89 bits per heavy atom. The molecule has 3 rings (SSSR count). The molecule has 2 aromatic rings. The third kappa shape index (κ3) is 4.43. The molecule has 1 aliphatic heterocycles. The molecular formula is C21H29N3O3. The summed E-state index contributed by atoms with van der Waals surface area (Å²) in [5.41, 5.74) is 0. The molecule has 1 fully saturated rings. The predicted octanol–water partition coefficient (Wildman–Crippen LogP) is 3.65. The van der Waals surface area contributed by atoms with E-state index in [2.05, 4.69) is 23.4 Å². The van der Waals surface area contributed by atoms with Gasteiger partial charge in [-0.05, 0) is 45.7 Å². The van der Waals surface area contributed by atoms with E-state index in [9.17, 15) is 4.79 Å². The lowest BCUT2D eigenvalue weighted by molar-refractivity contribution is -0.139. The largest absolute Gasteiger partial charge is 0.497 e. The molecule has 0 saturated carbocycles. The Morgan fingerprint density at radius 3 is 2.56 bits per heavy atom. The minimum Gasteiger partial charge on any atom is -0.497 e. The topological polar surface area (TPSA) is 56.6 Å². The standard InChI is InChI=1S/C21H29N3O3/c1-15(2)24-13-10-22-20(24)17-8-11-23(12-9-17)21(25)16(3)27-19-7-5-6-18(14-19)26-4/h5-7,10,13-17H,8-9,11-12H2,1-4H3/t16-/m1/s1. The van der Waals surface area contributed by atoms with Gasteiger partial charge in [-0.2, -0.15) is 0 Å². The Hall–Kier alpha value is -2.50. The van der Waals surface area contributed by atoms with E-state index in [0.717, 1.165) is 31.8 Å². The number of likely N-dealkylation sites (tertiary alicyclic amines) is 1. The van der Waals surface area contributed by atoms with Crippen molar-refractivity contribution in [2.75, 3.05) is 20.2 Å². The van der Waals surface area contributed by atoms with E-state index in [1.807, 2.05) is 35.5 Å². The Labute approximate surface area is 161 Å². The molecule has 1 saturated heterocycles. The molecule has 0 bridgehead atoms. The number of carbonyl (C=O) groups excluding carboxylic acids is 1. The fourth-order valence-corrected chi connectivity index (χ4v) is 3.62. The average Bonchev–Trinajstić information content (AvgIpc) is 3.18. The van der Waals surface area contributed by atoms with E-state index < -0.39 is 6.10 Å². The number of ether oxygens (including phenoxy) is 2. The van der Waals surface area contributed by atoms with Crippen molar-refractivity contribution in [2.45, 2.75) is 51.7 Å². The van der Waals surface area contributed by atoms with Gasteiger partial charge in [0.15, 0.2) is 6.10 Å². The molecule has 2 heterocycles. The highest BCUT2D eigenvalue weighted by Gasteiger charge is 2.29. The summed E-state index contributed by atoms with van der Waals surface area (Å²) < 4.78 is 13.3. The third-order valence-corrected chi connectivity index (χ3v) is 5.13. The van der Waals surface area contributed by atoms with E-state index in [1.54, 1.807) is 20.1 Å². The maximum atomic E-state index is 12.8. The van der Waals surface area contributed by atoms with Crippen LogP contribution in [0.1, 0.15) is 51.4 Å². The first-order valence-corrected chi connectivity index (χ1v) is 9.61. The zero-order valence-electron chi connectivity index (χ0n) is 16.6. The molecule has 6 heteroatoms. The Balaban J connectivity index is 1.57. The number of amides is 1. The maximum absolute atomic E-state index is 12.8. The number of imidazole rings is 1. The molecule has 0 radical (unpaired) electrons. The number of rotatable bonds is 6. The van der Waals surface area contributed by atoms with Gasteiger partial charge in [0.1, 0.15) is 17.3 Å². The van der Waals surface area contributed by atoms with E-state index in [1.165, 1.54) is 0 Å². The number of nitrogens with zero attached hydrogens (tertiary/aromatic N) is 3. The van der Waals surface area contributed by atoms with Crippen molar-refractivity contribution < 1.29 is 14.3 Å². The molecule has 146 valence electrons. The SMILES string of the molecule is COc1cccc(O[C@H](C)C(=O)N2CCC(c3nccn3C(C)C)CC2)c1. The first-order chi connectivity index (χ1) is 13.0. The van der Waals surface area contributed by atoms with Crippen LogP contribution in [0.2, 0.25) is 0 Å². The zero-order chi connectivity index (χ0) is 19.4. The van der Waals surface area contributed by atoms with Crippen LogP contribution >= 0.6 is 0 Å². The second kappa shape index (κ2) is 8.46. The highest BCUT2D eigenvalue weighted by molar-refractivity contribution is 5.81. The van der Waals surface area contributed by atoms with Crippen LogP contribution in [0.5, 0.6) is 11.5 Å². The first kappa shape index (κ1) is 19.3. The second-order valence-electron chi connectivity index (χ2n) is 7.33. The van der Waals surface area contributed by atoms with Crippen molar-refractivity contribution in [1.29, 1.82) is 0 Å². The van der Waals surface area contributed by atoms with Gasteiger partial charge < -0.3 is 18.9 Å². The maximum Gasteiger partial charge on any atom is 0.263 e. The molecule has 1 aliphatic rings. The third-order valence-electron chi connectivity index (χ3n) is 5.13. The van der Waals surface area contributed by atoms with Crippen molar-refractivity contribution in [3.05, 3.63) is 42.5 Å². The van der Waals surface area contributed by atoms with Crippen LogP contribution in [0.3, 0.4) is 0 Å². The van der Waals surface area contributed by atoms with Crippen LogP contribution in [0.4, 0.5) is 0 Å². The Bertz CT molecular complexity index is 764. The van der Waals surface area contributed by atoms with Gasteiger partial charge in [0.25, 0.3) is 5.91 Å². The van der Waals surface area contributed by atoms with Gasteiger partial charge in [0, 0.05) is 43.5 Å². The number of carbonyl (C=O) groups is 1. The molecule has 0 spiro atoms. The van der Waals surface area contributed by atoms with Crippen LogP contribution in [0.15, 0.2) is 36.7 Å². The van der Waals surface area contributed by atoms with Crippen LogP contribution in [0, 0.1) is 0 Å². The molecule has 6 nitrogen and oxygen atoms in total. The second-order valence-corrected chi connectivity index (χ2v) is 7.33. The van der Waals surface area contributed by atoms with Crippen molar-refractivity contribution in [2.24, 2.45) is 0 Å².